The summed E-state index contributed by atoms with van der Waals surface area (Å²) in [5.74, 6) is -0.0828. The maximum absolute atomic E-state index is 14.7. The third-order valence-corrected chi connectivity index (χ3v) is 15.8. The molecule has 10 aromatic carbocycles. The number of para-hydroxylation sites is 4. The molecule has 0 fully saturated rings. The third kappa shape index (κ3) is 10.2. The van der Waals surface area contributed by atoms with E-state index in [1.165, 1.54) is 22.7 Å². The molecule has 6 nitrogen and oxygen atoms in total. The number of hydrogen-bond donors (Lipinski definition) is 0. The molecule has 0 saturated heterocycles. The van der Waals surface area contributed by atoms with Crippen molar-refractivity contribution in [2.75, 3.05) is 0 Å². The average Bonchev–Trinajstić information content (AvgIpc) is 4.48. The van der Waals surface area contributed by atoms with Gasteiger partial charge >= 0.3 is 26.2 Å². The van der Waals surface area contributed by atoms with Crippen LogP contribution in [0.25, 0.3) is 110 Å². The van der Waals surface area contributed by atoms with Crippen LogP contribution in [-0.4, -0.2) is 19.1 Å². The molecule has 0 atom stereocenters. The largest absolute Gasteiger partial charge is 4.00 e. The summed E-state index contributed by atoms with van der Waals surface area (Å²) in [6, 6.07) is 76.8. The van der Waals surface area contributed by atoms with Crippen molar-refractivity contribution in [1.82, 2.24) is 19.1 Å². The molecule has 0 amide bonds. The van der Waals surface area contributed by atoms with Gasteiger partial charge in [-0.05, 0) is 83.6 Å². The quantitative estimate of drug-likeness (QED) is 0.149. The van der Waals surface area contributed by atoms with E-state index in [0.29, 0.717) is 22.5 Å². The normalized spacial score (nSPS) is 11.0. The summed E-state index contributed by atoms with van der Waals surface area (Å²) < 4.78 is 4.21. The van der Waals surface area contributed by atoms with Gasteiger partial charge < -0.3 is 19.3 Å². The van der Waals surface area contributed by atoms with E-state index in [0.717, 1.165) is 110 Å². The number of aromatic nitrogens is 4. The fourth-order valence-electron chi connectivity index (χ4n) is 10.4. The Hall–Kier alpha value is -8.72. The van der Waals surface area contributed by atoms with Crippen LogP contribution < -0.4 is 10.2 Å². The predicted molar refractivity (Wildman–Crippen MR) is 324 cm³/mol. The molecule has 4 heterocycles. The van der Waals surface area contributed by atoms with Crippen molar-refractivity contribution in [3.63, 3.8) is 0 Å². The Bertz CT molecular complexity index is 4090. The Balaban J connectivity index is 0.000000385. The molecule has 0 radical (unpaired) electrons. The minimum Gasteiger partial charge on any atom is -0.871 e. The molecule has 0 aliphatic heterocycles. The van der Waals surface area contributed by atoms with Gasteiger partial charge in [0.2, 0.25) is 0 Å². The fourth-order valence-corrected chi connectivity index (χ4v) is 12.1. The average molecular weight is 1130 g/mol. The minimum absolute atomic E-state index is 0. The van der Waals surface area contributed by atoms with Crippen LogP contribution in [0.15, 0.2) is 241 Å². The molecule has 0 aliphatic carbocycles. The Labute approximate surface area is 487 Å². The van der Waals surface area contributed by atoms with Gasteiger partial charge in [-0.15, -0.1) is 46.9 Å². The molecule has 0 bridgehead atoms. The topological polar surface area (TPSA) is 81.8 Å². The zero-order valence-corrected chi connectivity index (χ0v) is 47.5. The molecule has 14 rings (SSSR count). The summed E-state index contributed by atoms with van der Waals surface area (Å²) >= 11 is 3.06. The Morgan fingerprint density at radius 3 is 0.962 bits per heavy atom. The molecule has 378 valence electrons. The summed E-state index contributed by atoms with van der Waals surface area (Å²) in [4.78, 5) is 10.3. The molecule has 0 unspecified atom stereocenters. The van der Waals surface area contributed by atoms with Crippen LogP contribution in [0, 0.1) is 27.7 Å². The number of nitrogens with zero attached hydrogens (tertiary/aromatic N) is 4. The van der Waals surface area contributed by atoms with Crippen molar-refractivity contribution >= 4 is 66.3 Å². The summed E-state index contributed by atoms with van der Waals surface area (Å²) in [5.41, 5.74) is 15.6. The maximum atomic E-state index is 14.7. The maximum Gasteiger partial charge on any atom is 4.00 e. The standard InChI is InChI=1S/C56H38N4O2S2.2C7H7.Zr/c1-33-27-43(53(61)51(29-33)59-47-23-11-7-19-39(47)40-20-8-12-24-48(40)59)35-15-3-5-17-37(35)45-31-63-55(57-45)56-58-46(32-64-56)38-18-6-4-16-36(38)44-28-34(2)30-52(54(44)62)60-49-25-13-9-21-41(49)42-22-10-14-26-50(42)60;2*1-7-5-3-2-4-6-7;/h3-32,61-62H,1-2H3;2*2-6H,1H2;/q;2*-1;+4/p-2. The van der Waals surface area contributed by atoms with Crippen molar-refractivity contribution in [2.24, 2.45) is 0 Å². The smallest absolute Gasteiger partial charge is 0.871 e. The molecule has 0 saturated carbocycles. The van der Waals surface area contributed by atoms with Crippen LogP contribution in [0.5, 0.6) is 11.5 Å². The zero-order valence-electron chi connectivity index (χ0n) is 43.4. The number of rotatable bonds is 7. The second-order valence-electron chi connectivity index (χ2n) is 19.2. The Kier molecular flexibility index (Phi) is 15.0. The van der Waals surface area contributed by atoms with Crippen molar-refractivity contribution in [3.05, 3.63) is 277 Å². The van der Waals surface area contributed by atoms with E-state index in [1.54, 1.807) is 0 Å². The van der Waals surface area contributed by atoms with Crippen molar-refractivity contribution in [1.29, 1.82) is 0 Å². The van der Waals surface area contributed by atoms with Crippen LogP contribution in [0.4, 0.5) is 0 Å². The number of thiazole rings is 2. The SMILES string of the molecule is Cc1cc(-c2ccccc2-c2csc(-c3nc(-c4ccccc4-c4cc(C)cc(-n5c6ccccc6c6ccccc65)c4[O-])cs3)n2)c([O-])c(-n2c3ccccc3c3ccccc32)c1.[CH2-]c1ccccc1.[CH2-]c1ccccc1.[Zr+4]. The predicted octanol–water partition coefficient (Wildman–Crippen LogP) is 17.6. The van der Waals surface area contributed by atoms with Gasteiger partial charge in [-0.3, -0.25) is 0 Å². The monoisotopic (exact) mass is 1130 g/mol. The van der Waals surface area contributed by atoms with E-state index in [2.05, 4.69) is 71.5 Å². The Morgan fingerprint density at radius 2 is 0.646 bits per heavy atom. The van der Waals surface area contributed by atoms with Gasteiger partial charge in [0.05, 0.1) is 33.5 Å². The van der Waals surface area contributed by atoms with E-state index < -0.39 is 0 Å². The molecule has 79 heavy (non-hydrogen) atoms. The van der Waals surface area contributed by atoms with Gasteiger partial charge in [-0.1, -0.05) is 157 Å². The van der Waals surface area contributed by atoms with Gasteiger partial charge in [-0.2, -0.15) is 49.2 Å². The molecule has 14 aromatic rings. The first-order valence-corrected chi connectivity index (χ1v) is 27.4. The van der Waals surface area contributed by atoms with Crippen molar-refractivity contribution in [3.8, 4) is 77.7 Å². The van der Waals surface area contributed by atoms with Crippen LogP contribution in [-0.2, 0) is 26.2 Å². The van der Waals surface area contributed by atoms with E-state index in [1.807, 2.05) is 207 Å². The van der Waals surface area contributed by atoms with Gasteiger partial charge in [0.15, 0.2) is 10.0 Å². The van der Waals surface area contributed by atoms with Crippen molar-refractivity contribution < 1.29 is 36.4 Å². The van der Waals surface area contributed by atoms with Crippen LogP contribution in [0.1, 0.15) is 22.3 Å². The van der Waals surface area contributed by atoms with E-state index >= 15 is 0 Å². The van der Waals surface area contributed by atoms with E-state index in [-0.39, 0.29) is 37.7 Å². The van der Waals surface area contributed by atoms with Crippen LogP contribution in [0.2, 0.25) is 0 Å². The molecular weight excluding hydrogens is 1080 g/mol. The second-order valence-corrected chi connectivity index (χ2v) is 20.9. The second kappa shape index (κ2) is 22.7. The van der Waals surface area contributed by atoms with Gasteiger partial charge in [-0.25, -0.2) is 9.97 Å². The van der Waals surface area contributed by atoms with Crippen molar-refractivity contribution in [2.45, 2.75) is 13.8 Å². The van der Waals surface area contributed by atoms with Gasteiger partial charge in [0, 0.05) is 54.8 Å². The molecule has 0 N–H and O–H groups in total. The number of aryl methyl sites for hydroxylation is 2. The summed E-state index contributed by atoms with van der Waals surface area (Å²) in [6.07, 6.45) is 0. The number of benzene rings is 10. The van der Waals surface area contributed by atoms with E-state index in [9.17, 15) is 10.2 Å². The molecule has 0 aliphatic rings. The summed E-state index contributed by atoms with van der Waals surface area (Å²) in [7, 11) is 0. The summed E-state index contributed by atoms with van der Waals surface area (Å²) in [6.45, 7) is 11.5. The molecule has 4 aromatic heterocycles. The zero-order chi connectivity index (χ0) is 53.3. The first kappa shape index (κ1) is 52.3. The Morgan fingerprint density at radius 1 is 0.354 bits per heavy atom. The van der Waals surface area contributed by atoms with Crippen LogP contribution >= 0.6 is 22.7 Å². The third-order valence-electron chi connectivity index (χ3n) is 13.9. The first-order chi connectivity index (χ1) is 38.2. The number of fused-ring (bicyclic) bond motifs is 6. The number of hydrogen-bond acceptors (Lipinski definition) is 6. The minimum atomic E-state index is -0.0414. The molecule has 9 heteroatoms. The van der Waals surface area contributed by atoms with E-state index in [4.69, 9.17) is 9.97 Å². The van der Waals surface area contributed by atoms with Crippen LogP contribution in [0.3, 0.4) is 0 Å². The fraction of sp³-hybridized carbons (Fsp3) is 0.0286. The first-order valence-electron chi connectivity index (χ1n) is 25.7. The molecular formula is C70H50N4O2S2Zr. The summed E-state index contributed by atoms with van der Waals surface area (Å²) in [5, 5.41) is 39.6. The van der Waals surface area contributed by atoms with Gasteiger partial charge in [0.1, 0.15) is 0 Å². The molecule has 0 spiro atoms. The van der Waals surface area contributed by atoms with Gasteiger partial charge in [0.25, 0.3) is 0 Å².